The van der Waals surface area contributed by atoms with Gasteiger partial charge >= 0.3 is 5.97 Å². The third-order valence-electron chi connectivity index (χ3n) is 5.14. The summed E-state index contributed by atoms with van der Waals surface area (Å²) in [5.41, 5.74) is -1.27. The number of carbonyl (C=O) groups is 1. The minimum absolute atomic E-state index is 0.247. The zero-order valence-electron chi connectivity index (χ0n) is 17.3. The summed E-state index contributed by atoms with van der Waals surface area (Å²) in [6.45, 7) is 6.59. The second-order valence-corrected chi connectivity index (χ2v) is 10.4. The van der Waals surface area contributed by atoms with Crippen LogP contribution in [0.4, 0.5) is 0 Å². The van der Waals surface area contributed by atoms with Crippen LogP contribution in [0.1, 0.15) is 46.5 Å². The van der Waals surface area contributed by atoms with E-state index >= 15 is 0 Å². The lowest BCUT2D eigenvalue weighted by Crippen LogP contribution is -2.51. The molecule has 1 aliphatic rings. The van der Waals surface area contributed by atoms with Crippen molar-refractivity contribution in [2.45, 2.75) is 62.5 Å². The Bertz CT molecular complexity index is 974. The largest absolute Gasteiger partial charge is 0.459 e. The number of sulfonamides is 1. The van der Waals surface area contributed by atoms with Crippen LogP contribution in [0.25, 0.3) is 10.8 Å². The summed E-state index contributed by atoms with van der Waals surface area (Å²) in [5.74, 6) is -0.250. The van der Waals surface area contributed by atoms with Gasteiger partial charge in [0, 0.05) is 6.54 Å². The molecule has 0 saturated carbocycles. The highest BCUT2D eigenvalue weighted by molar-refractivity contribution is 7.89. The van der Waals surface area contributed by atoms with Crippen molar-refractivity contribution in [3.63, 3.8) is 0 Å². The van der Waals surface area contributed by atoms with Gasteiger partial charge in [0.05, 0.1) is 4.90 Å². The Hall–Kier alpha value is -1.96. The fourth-order valence-electron chi connectivity index (χ4n) is 3.69. The van der Waals surface area contributed by atoms with Gasteiger partial charge in [0.25, 0.3) is 0 Å². The van der Waals surface area contributed by atoms with Crippen LogP contribution < -0.4 is 10.0 Å². The van der Waals surface area contributed by atoms with Crippen LogP contribution in [0.2, 0.25) is 0 Å². The van der Waals surface area contributed by atoms with Gasteiger partial charge in [0.15, 0.2) is 0 Å². The van der Waals surface area contributed by atoms with Crippen LogP contribution in [0.5, 0.6) is 0 Å². The number of hydrogen-bond donors (Lipinski definition) is 2. The predicted octanol–water partition coefficient (Wildman–Crippen LogP) is 3.36. The average Bonchev–Trinajstić information content (AvgIpc) is 3.14. The van der Waals surface area contributed by atoms with Crippen LogP contribution in [0.15, 0.2) is 47.4 Å². The molecule has 0 unspecified atom stereocenters. The SMILES string of the molecule is CC(C)(C)OC(=O)[C@@]1(CCCNS(=O)(=O)c2ccc3ccccc3c2)CCCN1. The molecule has 1 fully saturated rings. The van der Waals surface area contributed by atoms with Gasteiger partial charge in [-0.1, -0.05) is 30.3 Å². The highest BCUT2D eigenvalue weighted by atomic mass is 32.2. The summed E-state index contributed by atoms with van der Waals surface area (Å²) in [7, 11) is -3.60. The molecule has 1 aliphatic heterocycles. The highest BCUT2D eigenvalue weighted by Crippen LogP contribution is 2.28. The first-order valence-corrected chi connectivity index (χ1v) is 11.6. The molecule has 0 aromatic heterocycles. The van der Waals surface area contributed by atoms with E-state index < -0.39 is 21.2 Å². The molecule has 7 heteroatoms. The minimum Gasteiger partial charge on any atom is -0.459 e. The van der Waals surface area contributed by atoms with Gasteiger partial charge in [-0.3, -0.25) is 4.79 Å². The first-order chi connectivity index (χ1) is 13.6. The molecule has 0 radical (unpaired) electrons. The Labute approximate surface area is 173 Å². The number of esters is 1. The van der Waals surface area contributed by atoms with E-state index in [-0.39, 0.29) is 17.4 Å². The van der Waals surface area contributed by atoms with E-state index in [0.717, 1.165) is 23.7 Å². The Balaban J connectivity index is 1.61. The van der Waals surface area contributed by atoms with Crippen molar-refractivity contribution in [3.05, 3.63) is 42.5 Å². The molecule has 2 aromatic rings. The minimum atomic E-state index is -3.60. The first-order valence-electron chi connectivity index (χ1n) is 10.1. The van der Waals surface area contributed by atoms with Crippen molar-refractivity contribution in [1.82, 2.24) is 10.0 Å². The smallest absolute Gasteiger partial charge is 0.326 e. The molecule has 1 atom stereocenters. The Kier molecular flexibility index (Phi) is 6.31. The van der Waals surface area contributed by atoms with E-state index in [1.165, 1.54) is 0 Å². The normalized spacial score (nSPS) is 20.1. The fourth-order valence-corrected chi connectivity index (χ4v) is 4.80. The molecule has 3 rings (SSSR count). The van der Waals surface area contributed by atoms with Crippen LogP contribution >= 0.6 is 0 Å². The van der Waals surface area contributed by atoms with E-state index in [0.29, 0.717) is 19.3 Å². The zero-order chi connectivity index (χ0) is 21.1. The van der Waals surface area contributed by atoms with E-state index in [1.54, 1.807) is 12.1 Å². The number of carbonyl (C=O) groups excluding carboxylic acids is 1. The summed E-state index contributed by atoms with van der Waals surface area (Å²) in [4.78, 5) is 12.9. The molecule has 1 heterocycles. The van der Waals surface area contributed by atoms with E-state index in [1.807, 2.05) is 51.1 Å². The van der Waals surface area contributed by atoms with Crippen LogP contribution in [0, 0.1) is 0 Å². The topological polar surface area (TPSA) is 84.5 Å². The molecule has 1 saturated heterocycles. The van der Waals surface area contributed by atoms with E-state index in [9.17, 15) is 13.2 Å². The van der Waals surface area contributed by atoms with Crippen LogP contribution in [-0.2, 0) is 19.6 Å². The summed E-state index contributed by atoms with van der Waals surface area (Å²) in [5, 5.41) is 5.17. The first kappa shape index (κ1) is 21.7. The van der Waals surface area contributed by atoms with Crippen molar-refractivity contribution in [3.8, 4) is 0 Å². The number of hydrogen-bond acceptors (Lipinski definition) is 5. The quantitative estimate of drug-likeness (QED) is 0.532. The maximum atomic E-state index is 12.7. The van der Waals surface area contributed by atoms with Crippen molar-refractivity contribution in [2.24, 2.45) is 0 Å². The maximum absolute atomic E-state index is 12.7. The third-order valence-corrected chi connectivity index (χ3v) is 6.60. The van der Waals surface area contributed by atoms with E-state index in [2.05, 4.69) is 10.0 Å². The van der Waals surface area contributed by atoms with E-state index in [4.69, 9.17) is 4.74 Å². The summed E-state index contributed by atoms with van der Waals surface area (Å²) in [6, 6.07) is 12.8. The number of ether oxygens (including phenoxy) is 1. The fraction of sp³-hybridized carbons (Fsp3) is 0.500. The molecule has 29 heavy (non-hydrogen) atoms. The van der Waals surface area contributed by atoms with Gasteiger partial charge in [-0.25, -0.2) is 13.1 Å². The Morgan fingerprint density at radius 3 is 2.55 bits per heavy atom. The van der Waals surface area contributed by atoms with Gasteiger partial charge in [0.2, 0.25) is 10.0 Å². The highest BCUT2D eigenvalue weighted by Gasteiger charge is 2.43. The van der Waals surface area contributed by atoms with Crippen LogP contribution in [0.3, 0.4) is 0 Å². The lowest BCUT2D eigenvalue weighted by atomic mass is 9.91. The summed E-state index contributed by atoms with van der Waals surface area (Å²) < 4.78 is 33.6. The summed E-state index contributed by atoms with van der Waals surface area (Å²) in [6.07, 6.45) is 2.68. The van der Waals surface area contributed by atoms with Crippen molar-refractivity contribution in [2.75, 3.05) is 13.1 Å². The van der Waals surface area contributed by atoms with Gasteiger partial charge in [-0.15, -0.1) is 0 Å². The molecule has 158 valence electrons. The molecule has 0 aliphatic carbocycles. The second kappa shape index (κ2) is 8.42. The zero-order valence-corrected chi connectivity index (χ0v) is 18.1. The maximum Gasteiger partial charge on any atom is 0.326 e. The van der Waals surface area contributed by atoms with Crippen molar-refractivity contribution < 1.29 is 17.9 Å². The number of benzene rings is 2. The Morgan fingerprint density at radius 2 is 1.90 bits per heavy atom. The molecule has 2 N–H and O–H groups in total. The molecular formula is C22H30N2O4S. The standard InChI is InChI=1S/C22H30N2O4S/c1-21(2,3)28-20(25)22(12-6-14-23-22)13-7-15-24-29(26,27)19-11-10-17-8-4-5-9-18(17)16-19/h4-5,8-11,16,23-24H,6-7,12-15H2,1-3H3/t22-/m0/s1. The van der Waals surface area contributed by atoms with Gasteiger partial charge in [0.1, 0.15) is 11.1 Å². The summed E-state index contributed by atoms with van der Waals surface area (Å²) >= 11 is 0. The molecule has 0 amide bonds. The molecule has 2 aromatic carbocycles. The molecule has 0 bridgehead atoms. The molecule has 0 spiro atoms. The molecule has 6 nitrogen and oxygen atoms in total. The average molecular weight is 419 g/mol. The van der Waals surface area contributed by atoms with Gasteiger partial charge in [-0.2, -0.15) is 0 Å². The van der Waals surface area contributed by atoms with Gasteiger partial charge in [-0.05, 0) is 75.9 Å². The lowest BCUT2D eigenvalue weighted by Gasteiger charge is -2.31. The van der Waals surface area contributed by atoms with Crippen molar-refractivity contribution in [1.29, 1.82) is 0 Å². The number of rotatable bonds is 7. The Morgan fingerprint density at radius 1 is 1.17 bits per heavy atom. The van der Waals surface area contributed by atoms with Gasteiger partial charge < -0.3 is 10.1 Å². The predicted molar refractivity (Wildman–Crippen MR) is 114 cm³/mol. The third kappa shape index (κ3) is 5.35. The number of fused-ring (bicyclic) bond motifs is 1. The second-order valence-electron chi connectivity index (χ2n) is 8.62. The monoisotopic (exact) mass is 418 g/mol. The number of nitrogens with one attached hydrogen (secondary N) is 2. The van der Waals surface area contributed by atoms with Crippen LogP contribution in [-0.4, -0.2) is 38.6 Å². The molecular weight excluding hydrogens is 388 g/mol. The van der Waals surface area contributed by atoms with Crippen molar-refractivity contribution >= 4 is 26.8 Å². The lowest BCUT2D eigenvalue weighted by molar-refractivity contribution is -0.163.